The lowest BCUT2D eigenvalue weighted by atomic mass is 10.1. The maximum Gasteiger partial charge on any atom is 0.123 e. The topological polar surface area (TPSA) is 50.1 Å². The average molecular weight is 267 g/mol. The van der Waals surface area contributed by atoms with E-state index >= 15 is 0 Å². The summed E-state index contributed by atoms with van der Waals surface area (Å²) in [6.07, 6.45) is 1.88. The van der Waals surface area contributed by atoms with Crippen molar-refractivity contribution in [1.29, 1.82) is 0 Å². The number of benzene rings is 2. The van der Waals surface area contributed by atoms with E-state index in [-0.39, 0.29) is 0 Å². The number of phenolic OH excluding ortho intramolecular Hbond substituents is 1. The monoisotopic (exact) mass is 267 g/mol. The predicted molar refractivity (Wildman–Crippen MR) is 80.9 cm³/mol. The molecule has 1 heterocycles. The highest BCUT2D eigenvalue weighted by atomic mass is 16.3. The number of hydrogen-bond donors (Lipinski definition) is 2. The van der Waals surface area contributed by atoms with Gasteiger partial charge in [-0.15, -0.1) is 0 Å². The van der Waals surface area contributed by atoms with E-state index in [1.54, 1.807) is 6.07 Å². The average Bonchev–Trinajstić information content (AvgIpc) is 2.77. The molecule has 0 aliphatic rings. The molecule has 4 nitrogen and oxygen atoms in total. The molecule has 102 valence electrons. The Morgan fingerprint density at radius 2 is 1.90 bits per heavy atom. The molecule has 2 aromatic carbocycles. The number of fused-ring (bicyclic) bond motifs is 1. The summed E-state index contributed by atoms with van der Waals surface area (Å²) in [6.45, 7) is 2.77. The van der Waals surface area contributed by atoms with Gasteiger partial charge in [-0.05, 0) is 19.1 Å². The van der Waals surface area contributed by atoms with Gasteiger partial charge in [0.1, 0.15) is 5.75 Å². The standard InChI is InChI=1S/C16H17N3O/c1-11-12(10-18-19(11)2)9-17-15-7-3-6-14-13(15)5-4-8-16(14)20/h3-8,10,17,20H,9H2,1-2H3. The fourth-order valence-electron chi connectivity index (χ4n) is 2.36. The van der Waals surface area contributed by atoms with E-state index in [2.05, 4.69) is 17.3 Å². The van der Waals surface area contributed by atoms with Crippen LogP contribution in [0.4, 0.5) is 5.69 Å². The number of aromatic hydroxyl groups is 1. The molecule has 0 aliphatic carbocycles. The highest BCUT2D eigenvalue weighted by Gasteiger charge is 2.06. The van der Waals surface area contributed by atoms with Crippen LogP contribution in [0.25, 0.3) is 10.8 Å². The highest BCUT2D eigenvalue weighted by molar-refractivity contribution is 5.97. The van der Waals surface area contributed by atoms with Crippen LogP contribution in [0.2, 0.25) is 0 Å². The molecule has 2 N–H and O–H groups in total. The van der Waals surface area contributed by atoms with Crippen molar-refractivity contribution in [1.82, 2.24) is 9.78 Å². The Labute approximate surface area is 117 Å². The van der Waals surface area contributed by atoms with E-state index in [4.69, 9.17) is 0 Å². The molecule has 20 heavy (non-hydrogen) atoms. The summed E-state index contributed by atoms with van der Waals surface area (Å²) in [6, 6.07) is 11.5. The Morgan fingerprint density at radius 1 is 1.15 bits per heavy atom. The Bertz CT molecular complexity index is 762. The molecule has 4 heteroatoms. The van der Waals surface area contributed by atoms with Gasteiger partial charge in [0, 0.05) is 41.3 Å². The van der Waals surface area contributed by atoms with Crippen molar-refractivity contribution in [2.24, 2.45) is 7.05 Å². The number of aromatic nitrogens is 2. The SMILES string of the molecule is Cc1c(CNc2cccc3c(O)cccc23)cnn1C. The third-order valence-electron chi connectivity index (χ3n) is 3.71. The molecule has 3 aromatic rings. The van der Waals surface area contributed by atoms with E-state index in [9.17, 15) is 5.11 Å². The summed E-state index contributed by atoms with van der Waals surface area (Å²) in [4.78, 5) is 0. The summed E-state index contributed by atoms with van der Waals surface area (Å²) in [5.74, 6) is 0.309. The maximum absolute atomic E-state index is 9.89. The second kappa shape index (κ2) is 4.89. The summed E-state index contributed by atoms with van der Waals surface area (Å²) >= 11 is 0. The Hall–Kier alpha value is -2.49. The molecule has 0 amide bonds. The molecule has 0 radical (unpaired) electrons. The Kier molecular flexibility index (Phi) is 3.06. The highest BCUT2D eigenvalue weighted by Crippen LogP contribution is 2.30. The van der Waals surface area contributed by atoms with Gasteiger partial charge in [0.05, 0.1) is 6.20 Å². The first-order valence-electron chi connectivity index (χ1n) is 6.59. The van der Waals surface area contributed by atoms with Gasteiger partial charge in [0.2, 0.25) is 0 Å². The number of nitrogens with zero attached hydrogens (tertiary/aromatic N) is 2. The van der Waals surface area contributed by atoms with Crippen molar-refractivity contribution in [3.63, 3.8) is 0 Å². The minimum absolute atomic E-state index is 0.309. The largest absolute Gasteiger partial charge is 0.507 e. The first-order valence-corrected chi connectivity index (χ1v) is 6.59. The first-order chi connectivity index (χ1) is 9.66. The van der Waals surface area contributed by atoms with Crippen LogP contribution in [0, 0.1) is 6.92 Å². The van der Waals surface area contributed by atoms with Gasteiger partial charge in [-0.1, -0.05) is 24.3 Å². The molecule has 0 fully saturated rings. The quantitative estimate of drug-likeness (QED) is 0.766. The fourth-order valence-corrected chi connectivity index (χ4v) is 2.36. The van der Waals surface area contributed by atoms with Crippen LogP contribution in [0.15, 0.2) is 42.6 Å². The summed E-state index contributed by atoms with van der Waals surface area (Å²) < 4.78 is 1.87. The van der Waals surface area contributed by atoms with Crippen molar-refractivity contribution in [3.8, 4) is 5.75 Å². The molecule has 0 spiro atoms. The third kappa shape index (κ3) is 2.09. The molecular formula is C16H17N3O. The van der Waals surface area contributed by atoms with Gasteiger partial charge < -0.3 is 10.4 Å². The summed E-state index contributed by atoms with van der Waals surface area (Å²) in [5.41, 5.74) is 3.34. The van der Waals surface area contributed by atoms with Crippen molar-refractivity contribution >= 4 is 16.5 Å². The summed E-state index contributed by atoms with van der Waals surface area (Å²) in [7, 11) is 1.94. The van der Waals surface area contributed by atoms with Gasteiger partial charge in [-0.3, -0.25) is 4.68 Å². The van der Waals surface area contributed by atoms with Crippen LogP contribution >= 0.6 is 0 Å². The number of nitrogens with one attached hydrogen (secondary N) is 1. The Balaban J connectivity index is 1.92. The van der Waals surface area contributed by atoms with Crippen LogP contribution in [-0.4, -0.2) is 14.9 Å². The lowest BCUT2D eigenvalue weighted by Gasteiger charge is -2.10. The van der Waals surface area contributed by atoms with Gasteiger partial charge >= 0.3 is 0 Å². The second-order valence-electron chi connectivity index (χ2n) is 4.91. The number of hydrogen-bond acceptors (Lipinski definition) is 3. The van der Waals surface area contributed by atoms with E-state index in [0.717, 1.165) is 22.2 Å². The number of aryl methyl sites for hydroxylation is 1. The van der Waals surface area contributed by atoms with Gasteiger partial charge in [-0.25, -0.2) is 0 Å². The van der Waals surface area contributed by atoms with Crippen LogP contribution < -0.4 is 5.32 Å². The van der Waals surface area contributed by atoms with Crippen LogP contribution in [0.3, 0.4) is 0 Å². The Morgan fingerprint density at radius 3 is 2.65 bits per heavy atom. The van der Waals surface area contributed by atoms with Crippen molar-refractivity contribution in [2.45, 2.75) is 13.5 Å². The van der Waals surface area contributed by atoms with Crippen LogP contribution in [-0.2, 0) is 13.6 Å². The van der Waals surface area contributed by atoms with E-state index in [1.165, 1.54) is 5.56 Å². The number of rotatable bonds is 3. The van der Waals surface area contributed by atoms with E-state index in [1.807, 2.05) is 48.3 Å². The van der Waals surface area contributed by atoms with E-state index in [0.29, 0.717) is 12.3 Å². The lowest BCUT2D eigenvalue weighted by molar-refractivity contribution is 0.481. The molecule has 0 aliphatic heterocycles. The molecule has 0 saturated heterocycles. The van der Waals surface area contributed by atoms with E-state index < -0.39 is 0 Å². The zero-order valence-electron chi connectivity index (χ0n) is 11.6. The molecule has 1 aromatic heterocycles. The molecule has 3 rings (SSSR count). The van der Waals surface area contributed by atoms with Crippen molar-refractivity contribution in [2.75, 3.05) is 5.32 Å². The minimum atomic E-state index is 0.309. The van der Waals surface area contributed by atoms with Crippen LogP contribution in [0.5, 0.6) is 5.75 Å². The molecule has 0 unspecified atom stereocenters. The fraction of sp³-hybridized carbons (Fsp3) is 0.188. The number of phenols is 1. The predicted octanol–water partition coefficient (Wildman–Crippen LogP) is 3.20. The van der Waals surface area contributed by atoms with Gasteiger partial charge in [0.15, 0.2) is 0 Å². The zero-order valence-corrected chi connectivity index (χ0v) is 11.6. The van der Waals surface area contributed by atoms with Gasteiger partial charge in [0.25, 0.3) is 0 Å². The van der Waals surface area contributed by atoms with Crippen LogP contribution in [0.1, 0.15) is 11.3 Å². The normalized spacial score (nSPS) is 10.9. The lowest BCUT2D eigenvalue weighted by Crippen LogP contribution is -2.01. The van der Waals surface area contributed by atoms with Gasteiger partial charge in [-0.2, -0.15) is 5.10 Å². The number of anilines is 1. The third-order valence-corrected chi connectivity index (χ3v) is 3.71. The minimum Gasteiger partial charge on any atom is -0.507 e. The molecule has 0 atom stereocenters. The second-order valence-corrected chi connectivity index (χ2v) is 4.91. The molecule has 0 bridgehead atoms. The maximum atomic E-state index is 9.89. The molecular weight excluding hydrogens is 250 g/mol. The van der Waals surface area contributed by atoms with Crippen molar-refractivity contribution < 1.29 is 5.11 Å². The smallest absolute Gasteiger partial charge is 0.123 e. The first kappa shape index (κ1) is 12.5. The summed E-state index contributed by atoms with van der Waals surface area (Å²) in [5, 5.41) is 19.4. The zero-order chi connectivity index (χ0) is 14.1. The van der Waals surface area contributed by atoms with Crippen molar-refractivity contribution in [3.05, 3.63) is 53.9 Å². The molecule has 0 saturated carbocycles.